The fourth-order valence-electron chi connectivity index (χ4n) is 4.85. The standard InChI is InChI=1S/C35H36Cl3N3O5S/c1-35(2,3)39-34(43)32(21-24-8-6-5-7-9-24)40(22-25-10-19-30(37)31(38)20-25)33(42)23-41(27-13-11-26(36)12-14-27)47(44,45)29-17-15-28(46-4)16-18-29/h5-20,32H,21-23H2,1-4H3,(H,39,43). The Kier molecular flexibility index (Phi) is 11.8. The lowest BCUT2D eigenvalue weighted by atomic mass is 10.0. The van der Waals surface area contributed by atoms with Gasteiger partial charge in [0.05, 0.1) is 27.7 Å². The van der Waals surface area contributed by atoms with Crippen molar-refractivity contribution in [3.05, 3.63) is 123 Å². The van der Waals surface area contributed by atoms with Gasteiger partial charge in [0.1, 0.15) is 18.3 Å². The average Bonchev–Trinajstić information content (AvgIpc) is 3.03. The SMILES string of the molecule is COc1ccc(S(=O)(=O)N(CC(=O)N(Cc2ccc(Cl)c(Cl)c2)C(Cc2ccccc2)C(=O)NC(C)(C)C)c2ccc(Cl)cc2)cc1. The molecule has 0 saturated carbocycles. The van der Waals surface area contributed by atoms with Crippen LogP contribution in [0.15, 0.2) is 102 Å². The van der Waals surface area contributed by atoms with E-state index in [0.717, 1.165) is 9.87 Å². The number of rotatable bonds is 12. The first-order chi connectivity index (χ1) is 22.2. The summed E-state index contributed by atoms with van der Waals surface area (Å²) in [6, 6.07) is 25.2. The predicted octanol–water partition coefficient (Wildman–Crippen LogP) is 7.41. The third-order valence-corrected chi connectivity index (χ3v) is 9.93. The van der Waals surface area contributed by atoms with Gasteiger partial charge in [0.2, 0.25) is 11.8 Å². The van der Waals surface area contributed by atoms with Gasteiger partial charge in [-0.25, -0.2) is 8.42 Å². The van der Waals surface area contributed by atoms with E-state index in [1.54, 1.807) is 30.3 Å². The highest BCUT2D eigenvalue weighted by atomic mass is 35.5. The van der Waals surface area contributed by atoms with E-state index in [9.17, 15) is 18.0 Å². The van der Waals surface area contributed by atoms with Gasteiger partial charge in [0.15, 0.2) is 0 Å². The van der Waals surface area contributed by atoms with E-state index >= 15 is 0 Å². The van der Waals surface area contributed by atoms with Crippen LogP contribution in [0.1, 0.15) is 31.9 Å². The van der Waals surface area contributed by atoms with Gasteiger partial charge >= 0.3 is 0 Å². The number of ether oxygens (including phenoxy) is 1. The molecule has 1 atom stereocenters. The Morgan fingerprint density at radius 1 is 0.830 bits per heavy atom. The maximum absolute atomic E-state index is 14.6. The Balaban J connectivity index is 1.83. The number of amides is 2. The van der Waals surface area contributed by atoms with Crippen molar-refractivity contribution >= 4 is 62.3 Å². The van der Waals surface area contributed by atoms with Crippen LogP contribution in [0.25, 0.3) is 0 Å². The van der Waals surface area contributed by atoms with Crippen molar-refractivity contribution in [2.75, 3.05) is 18.0 Å². The highest BCUT2D eigenvalue weighted by molar-refractivity contribution is 7.92. The van der Waals surface area contributed by atoms with Crippen molar-refractivity contribution in [1.82, 2.24) is 10.2 Å². The molecule has 0 bridgehead atoms. The molecule has 0 radical (unpaired) electrons. The number of hydrogen-bond donors (Lipinski definition) is 1. The lowest BCUT2D eigenvalue weighted by Crippen LogP contribution is -2.56. The molecule has 248 valence electrons. The fraction of sp³-hybridized carbons (Fsp3) is 0.257. The Hall–Kier alpha value is -3.76. The molecule has 0 saturated heterocycles. The van der Waals surface area contributed by atoms with Gasteiger partial charge in [0.25, 0.3) is 10.0 Å². The minimum atomic E-state index is -4.29. The van der Waals surface area contributed by atoms with Gasteiger partial charge in [-0.2, -0.15) is 0 Å². The summed E-state index contributed by atoms with van der Waals surface area (Å²) in [5, 5.41) is 4.00. The van der Waals surface area contributed by atoms with Crippen LogP contribution in [0.2, 0.25) is 15.1 Å². The van der Waals surface area contributed by atoms with Crippen LogP contribution < -0.4 is 14.4 Å². The number of methoxy groups -OCH3 is 1. The van der Waals surface area contributed by atoms with Crippen molar-refractivity contribution < 1.29 is 22.7 Å². The molecule has 1 unspecified atom stereocenters. The summed E-state index contributed by atoms with van der Waals surface area (Å²) in [4.78, 5) is 29.9. The van der Waals surface area contributed by atoms with E-state index < -0.39 is 40.0 Å². The minimum absolute atomic E-state index is 0.0524. The molecule has 47 heavy (non-hydrogen) atoms. The second-order valence-corrected chi connectivity index (χ2v) is 15.0. The zero-order chi connectivity index (χ0) is 34.4. The van der Waals surface area contributed by atoms with Crippen molar-refractivity contribution in [3.63, 3.8) is 0 Å². The molecule has 4 rings (SSSR count). The lowest BCUT2D eigenvalue weighted by molar-refractivity contribution is -0.140. The van der Waals surface area contributed by atoms with Gasteiger partial charge < -0.3 is 15.0 Å². The van der Waals surface area contributed by atoms with Gasteiger partial charge in [-0.3, -0.25) is 13.9 Å². The van der Waals surface area contributed by atoms with Crippen LogP contribution in [-0.2, 0) is 32.6 Å². The van der Waals surface area contributed by atoms with E-state index in [2.05, 4.69) is 5.32 Å². The summed E-state index contributed by atoms with van der Waals surface area (Å²) in [6.07, 6.45) is 0.169. The molecule has 12 heteroatoms. The summed E-state index contributed by atoms with van der Waals surface area (Å²) < 4.78 is 34.5. The number of sulfonamides is 1. The minimum Gasteiger partial charge on any atom is -0.497 e. The smallest absolute Gasteiger partial charge is 0.264 e. The Labute approximate surface area is 291 Å². The number of benzene rings is 4. The molecule has 0 aromatic heterocycles. The van der Waals surface area contributed by atoms with Gasteiger partial charge in [-0.05, 0) is 92.6 Å². The predicted molar refractivity (Wildman–Crippen MR) is 188 cm³/mol. The highest BCUT2D eigenvalue weighted by Crippen LogP contribution is 2.28. The molecule has 0 aliphatic carbocycles. The second-order valence-electron chi connectivity index (χ2n) is 11.9. The van der Waals surface area contributed by atoms with Crippen molar-refractivity contribution in [2.45, 2.75) is 50.2 Å². The number of halogens is 3. The van der Waals surface area contributed by atoms with E-state index in [0.29, 0.717) is 21.4 Å². The molecule has 1 N–H and O–H groups in total. The molecule has 2 amide bonds. The molecule has 4 aromatic carbocycles. The van der Waals surface area contributed by atoms with E-state index in [-0.39, 0.29) is 28.6 Å². The van der Waals surface area contributed by atoms with Crippen LogP contribution in [-0.4, -0.2) is 50.4 Å². The van der Waals surface area contributed by atoms with Crippen LogP contribution in [0.5, 0.6) is 5.75 Å². The lowest BCUT2D eigenvalue weighted by Gasteiger charge is -2.35. The summed E-state index contributed by atoms with van der Waals surface area (Å²) in [5.74, 6) is -0.543. The first-order valence-electron chi connectivity index (χ1n) is 14.7. The zero-order valence-electron chi connectivity index (χ0n) is 26.4. The number of nitrogens with zero attached hydrogens (tertiary/aromatic N) is 2. The molecule has 0 aliphatic rings. The monoisotopic (exact) mass is 715 g/mol. The van der Waals surface area contributed by atoms with Crippen LogP contribution >= 0.6 is 34.8 Å². The van der Waals surface area contributed by atoms with E-state index in [1.165, 1.54) is 48.4 Å². The Morgan fingerprint density at radius 2 is 1.47 bits per heavy atom. The van der Waals surface area contributed by atoms with Crippen LogP contribution in [0.4, 0.5) is 5.69 Å². The Bertz CT molecular complexity index is 1800. The number of nitrogens with one attached hydrogen (secondary N) is 1. The fourth-order valence-corrected chi connectivity index (χ4v) is 6.71. The quantitative estimate of drug-likeness (QED) is 0.165. The maximum Gasteiger partial charge on any atom is 0.264 e. The van der Waals surface area contributed by atoms with Gasteiger partial charge in [-0.15, -0.1) is 0 Å². The normalized spacial score (nSPS) is 12.2. The summed E-state index contributed by atoms with van der Waals surface area (Å²) in [6.45, 7) is 4.87. The van der Waals surface area contributed by atoms with Crippen LogP contribution in [0, 0.1) is 0 Å². The Morgan fingerprint density at radius 3 is 2.04 bits per heavy atom. The number of anilines is 1. The van der Waals surface area contributed by atoms with E-state index in [4.69, 9.17) is 39.5 Å². The molecular weight excluding hydrogens is 681 g/mol. The molecule has 0 fully saturated rings. The molecule has 8 nitrogen and oxygen atoms in total. The summed E-state index contributed by atoms with van der Waals surface area (Å²) >= 11 is 18.7. The average molecular weight is 717 g/mol. The van der Waals surface area contributed by atoms with Crippen molar-refractivity contribution in [1.29, 1.82) is 0 Å². The second kappa shape index (κ2) is 15.4. The summed E-state index contributed by atoms with van der Waals surface area (Å²) in [7, 11) is -2.81. The third-order valence-electron chi connectivity index (χ3n) is 7.15. The van der Waals surface area contributed by atoms with E-state index in [1.807, 2.05) is 51.1 Å². The third kappa shape index (κ3) is 9.64. The molecule has 0 heterocycles. The molecule has 0 spiro atoms. The van der Waals surface area contributed by atoms with Gasteiger partial charge in [-0.1, -0.05) is 71.2 Å². The number of hydrogen-bond acceptors (Lipinski definition) is 5. The maximum atomic E-state index is 14.6. The first kappa shape index (κ1) is 36.1. The van der Waals surface area contributed by atoms with Crippen molar-refractivity contribution in [3.8, 4) is 5.75 Å². The van der Waals surface area contributed by atoms with Gasteiger partial charge in [0, 0.05) is 23.5 Å². The number of carbonyl (C=O) groups excluding carboxylic acids is 2. The molecular formula is C35H36Cl3N3O5S. The molecule has 4 aromatic rings. The first-order valence-corrected chi connectivity index (χ1v) is 17.3. The zero-order valence-corrected chi connectivity index (χ0v) is 29.5. The molecule has 0 aliphatic heterocycles. The topological polar surface area (TPSA) is 96.0 Å². The van der Waals surface area contributed by atoms with Crippen LogP contribution in [0.3, 0.4) is 0 Å². The van der Waals surface area contributed by atoms with Crippen molar-refractivity contribution in [2.24, 2.45) is 0 Å². The highest BCUT2D eigenvalue weighted by Gasteiger charge is 2.35. The largest absolute Gasteiger partial charge is 0.497 e. The number of carbonyl (C=O) groups is 2. The summed E-state index contributed by atoms with van der Waals surface area (Å²) in [5.41, 5.74) is 1.02.